The van der Waals surface area contributed by atoms with Gasteiger partial charge in [0.2, 0.25) is 0 Å². The number of methoxy groups -OCH3 is 1. The molecule has 138 valence electrons. The van der Waals surface area contributed by atoms with Crippen LogP contribution < -0.4 is 15.8 Å². The second-order valence-electron chi connectivity index (χ2n) is 7.46. The Morgan fingerprint density at radius 3 is 2.96 bits per heavy atom. The Kier molecular flexibility index (Phi) is 5.20. The van der Waals surface area contributed by atoms with E-state index in [1.165, 1.54) is 12.0 Å². The average Bonchev–Trinajstić information content (AvgIpc) is 3.34. The summed E-state index contributed by atoms with van der Waals surface area (Å²) in [4.78, 5) is 7.12. The Labute approximate surface area is 155 Å². The minimum atomic E-state index is 0.373. The molecule has 1 saturated carbocycles. The van der Waals surface area contributed by atoms with E-state index in [0.717, 1.165) is 49.6 Å². The molecule has 0 spiro atoms. The van der Waals surface area contributed by atoms with E-state index in [2.05, 4.69) is 33.4 Å². The van der Waals surface area contributed by atoms with Crippen molar-refractivity contribution in [3.63, 3.8) is 0 Å². The molecule has 4 rings (SSSR count). The van der Waals surface area contributed by atoms with Crippen LogP contribution in [0.25, 0.3) is 11.3 Å². The summed E-state index contributed by atoms with van der Waals surface area (Å²) in [5.41, 5.74) is 9.37. The third-order valence-corrected chi connectivity index (χ3v) is 5.51. The maximum Gasteiger partial charge on any atom is 0.119 e. The van der Waals surface area contributed by atoms with E-state index in [4.69, 9.17) is 10.5 Å². The van der Waals surface area contributed by atoms with Crippen molar-refractivity contribution in [2.45, 2.75) is 30.8 Å². The first-order valence-electron chi connectivity index (χ1n) is 9.54. The molecule has 26 heavy (non-hydrogen) atoms. The SMILES string of the molecule is COc1cccc(-c2ccc(C3CC3NCCN3CC[C@@H](N)C3)cn2)c1. The van der Waals surface area contributed by atoms with Crippen LogP contribution in [0.2, 0.25) is 0 Å². The van der Waals surface area contributed by atoms with E-state index in [1.54, 1.807) is 7.11 Å². The number of nitrogens with one attached hydrogen (secondary N) is 1. The van der Waals surface area contributed by atoms with Crippen LogP contribution in [0.5, 0.6) is 5.75 Å². The first-order valence-corrected chi connectivity index (χ1v) is 9.54. The monoisotopic (exact) mass is 352 g/mol. The fraction of sp³-hybridized carbons (Fsp3) is 0.476. The highest BCUT2D eigenvalue weighted by molar-refractivity contribution is 5.61. The molecule has 5 heteroatoms. The molecule has 1 aliphatic heterocycles. The number of hydrogen-bond acceptors (Lipinski definition) is 5. The molecule has 2 aliphatic rings. The molecule has 0 bridgehead atoms. The van der Waals surface area contributed by atoms with Gasteiger partial charge in [-0.15, -0.1) is 0 Å². The van der Waals surface area contributed by atoms with Crippen molar-refractivity contribution in [1.82, 2.24) is 15.2 Å². The van der Waals surface area contributed by atoms with Gasteiger partial charge in [0, 0.05) is 49.4 Å². The highest BCUT2D eigenvalue weighted by Crippen LogP contribution is 2.40. The molecule has 3 N–H and O–H groups in total. The van der Waals surface area contributed by atoms with Crippen LogP contribution in [0.3, 0.4) is 0 Å². The zero-order chi connectivity index (χ0) is 17.9. The third-order valence-electron chi connectivity index (χ3n) is 5.51. The van der Waals surface area contributed by atoms with Crippen LogP contribution in [-0.2, 0) is 0 Å². The molecule has 3 atom stereocenters. The molecule has 1 saturated heterocycles. The van der Waals surface area contributed by atoms with Crippen molar-refractivity contribution in [3.8, 4) is 17.0 Å². The van der Waals surface area contributed by atoms with Crippen LogP contribution in [0.1, 0.15) is 24.3 Å². The molecular weight excluding hydrogens is 324 g/mol. The Bertz CT molecular complexity index is 733. The van der Waals surface area contributed by atoms with Crippen LogP contribution in [0, 0.1) is 0 Å². The molecule has 1 aliphatic carbocycles. The molecule has 1 aromatic heterocycles. The lowest BCUT2D eigenvalue weighted by Gasteiger charge is -2.15. The number of aromatic nitrogens is 1. The van der Waals surface area contributed by atoms with Crippen molar-refractivity contribution < 1.29 is 4.74 Å². The summed E-state index contributed by atoms with van der Waals surface area (Å²) in [6.45, 7) is 4.34. The number of nitrogens with two attached hydrogens (primary N) is 1. The van der Waals surface area contributed by atoms with Crippen LogP contribution in [-0.4, -0.2) is 55.3 Å². The fourth-order valence-electron chi connectivity index (χ4n) is 3.84. The maximum atomic E-state index is 5.96. The van der Waals surface area contributed by atoms with Crippen molar-refractivity contribution in [1.29, 1.82) is 0 Å². The minimum Gasteiger partial charge on any atom is -0.497 e. The summed E-state index contributed by atoms with van der Waals surface area (Å²) in [7, 11) is 1.69. The Morgan fingerprint density at radius 2 is 2.23 bits per heavy atom. The predicted molar refractivity (Wildman–Crippen MR) is 104 cm³/mol. The number of pyridine rings is 1. The van der Waals surface area contributed by atoms with E-state index in [-0.39, 0.29) is 0 Å². The van der Waals surface area contributed by atoms with Crippen LogP contribution >= 0.6 is 0 Å². The second-order valence-corrected chi connectivity index (χ2v) is 7.46. The fourth-order valence-corrected chi connectivity index (χ4v) is 3.84. The van der Waals surface area contributed by atoms with Crippen LogP contribution in [0.4, 0.5) is 0 Å². The smallest absolute Gasteiger partial charge is 0.119 e. The summed E-state index contributed by atoms with van der Waals surface area (Å²) in [5, 5.41) is 3.68. The van der Waals surface area contributed by atoms with E-state index in [9.17, 15) is 0 Å². The molecule has 5 nitrogen and oxygen atoms in total. The highest BCUT2D eigenvalue weighted by Gasteiger charge is 2.38. The van der Waals surface area contributed by atoms with Gasteiger partial charge in [-0.3, -0.25) is 4.98 Å². The second kappa shape index (κ2) is 7.74. The summed E-state index contributed by atoms with van der Waals surface area (Å²) in [5.74, 6) is 1.46. The maximum absolute atomic E-state index is 5.96. The molecule has 2 heterocycles. The zero-order valence-corrected chi connectivity index (χ0v) is 15.4. The van der Waals surface area contributed by atoms with E-state index in [0.29, 0.717) is 18.0 Å². The van der Waals surface area contributed by atoms with Gasteiger partial charge in [0.25, 0.3) is 0 Å². The number of likely N-dealkylation sites (tertiary alicyclic amines) is 1. The standard InChI is InChI=1S/C21H28N4O/c1-26-18-4-2-3-15(11-18)20-6-5-16(13-24-20)19-12-21(19)23-8-10-25-9-7-17(22)14-25/h2-6,11,13,17,19,21,23H,7-10,12,14,22H2,1H3/t17-,19?,21?/m1/s1. The lowest BCUT2D eigenvalue weighted by Crippen LogP contribution is -2.33. The van der Waals surface area contributed by atoms with Gasteiger partial charge in [0.15, 0.2) is 0 Å². The first-order chi connectivity index (χ1) is 12.7. The van der Waals surface area contributed by atoms with Gasteiger partial charge in [0.1, 0.15) is 5.75 Å². The minimum absolute atomic E-state index is 0.373. The lowest BCUT2D eigenvalue weighted by molar-refractivity contribution is 0.331. The van der Waals surface area contributed by atoms with E-state index >= 15 is 0 Å². The van der Waals surface area contributed by atoms with Gasteiger partial charge in [-0.2, -0.15) is 0 Å². The normalized spacial score (nSPS) is 25.4. The average molecular weight is 352 g/mol. The first kappa shape index (κ1) is 17.5. The quantitative estimate of drug-likeness (QED) is 0.800. The summed E-state index contributed by atoms with van der Waals surface area (Å²) >= 11 is 0. The zero-order valence-electron chi connectivity index (χ0n) is 15.4. The summed E-state index contributed by atoms with van der Waals surface area (Å²) in [6, 6.07) is 13.3. The van der Waals surface area contributed by atoms with Crippen molar-refractivity contribution in [2.75, 3.05) is 33.3 Å². The molecule has 1 aromatic carbocycles. The number of nitrogens with zero attached hydrogens (tertiary/aromatic N) is 2. The van der Waals surface area contributed by atoms with Gasteiger partial charge in [-0.25, -0.2) is 0 Å². The van der Waals surface area contributed by atoms with Gasteiger partial charge in [-0.1, -0.05) is 18.2 Å². The Balaban J connectivity index is 1.28. The van der Waals surface area contributed by atoms with Crippen molar-refractivity contribution >= 4 is 0 Å². The predicted octanol–water partition coefficient (Wildman–Crippen LogP) is 2.24. The molecule has 2 unspecified atom stereocenters. The number of hydrogen-bond donors (Lipinski definition) is 2. The van der Waals surface area contributed by atoms with Crippen molar-refractivity contribution in [2.24, 2.45) is 5.73 Å². The molecule has 0 amide bonds. The highest BCUT2D eigenvalue weighted by atomic mass is 16.5. The molecule has 2 aromatic rings. The third kappa shape index (κ3) is 4.06. The molecular formula is C21H28N4O. The number of ether oxygens (including phenoxy) is 1. The van der Waals surface area contributed by atoms with Gasteiger partial charge >= 0.3 is 0 Å². The molecule has 0 radical (unpaired) electrons. The van der Waals surface area contributed by atoms with E-state index < -0.39 is 0 Å². The largest absolute Gasteiger partial charge is 0.497 e. The van der Waals surface area contributed by atoms with Crippen LogP contribution in [0.15, 0.2) is 42.6 Å². The van der Waals surface area contributed by atoms with E-state index in [1.807, 2.05) is 24.4 Å². The number of rotatable bonds is 7. The number of benzene rings is 1. The Morgan fingerprint density at radius 1 is 1.31 bits per heavy atom. The summed E-state index contributed by atoms with van der Waals surface area (Å²) < 4.78 is 5.30. The lowest BCUT2D eigenvalue weighted by atomic mass is 10.1. The van der Waals surface area contributed by atoms with Gasteiger partial charge in [-0.05, 0) is 43.1 Å². The molecule has 2 fully saturated rings. The van der Waals surface area contributed by atoms with Gasteiger partial charge < -0.3 is 20.7 Å². The topological polar surface area (TPSA) is 63.4 Å². The Hall–Kier alpha value is -1.95. The summed E-state index contributed by atoms with van der Waals surface area (Å²) in [6.07, 6.45) is 4.37. The van der Waals surface area contributed by atoms with Crippen molar-refractivity contribution in [3.05, 3.63) is 48.2 Å². The van der Waals surface area contributed by atoms with Gasteiger partial charge in [0.05, 0.1) is 12.8 Å².